The van der Waals surface area contributed by atoms with E-state index in [9.17, 15) is 19.5 Å². The minimum Gasteiger partial charge on any atom is -0.480 e. The molecule has 2 aromatic rings. The van der Waals surface area contributed by atoms with Crippen LogP contribution in [-0.2, 0) is 4.79 Å². The molecule has 0 saturated heterocycles. The average molecular weight is 345 g/mol. The van der Waals surface area contributed by atoms with Crippen LogP contribution in [0.1, 0.15) is 51.8 Å². The second-order valence-electron chi connectivity index (χ2n) is 5.36. The first kappa shape index (κ1) is 17.9. The molecule has 0 saturated carbocycles. The number of carbonyl (C=O) groups is 3. The zero-order chi connectivity index (χ0) is 17.5. The molecular formula is C18H19NO4S. The van der Waals surface area contributed by atoms with Gasteiger partial charge in [-0.05, 0) is 23.9 Å². The Kier molecular flexibility index (Phi) is 6.26. The molecule has 24 heavy (non-hydrogen) atoms. The van der Waals surface area contributed by atoms with Crippen molar-refractivity contribution < 1.29 is 19.5 Å². The van der Waals surface area contributed by atoms with Crippen molar-refractivity contribution >= 4 is 29.0 Å². The maximum Gasteiger partial charge on any atom is 0.326 e. The predicted molar refractivity (Wildman–Crippen MR) is 92.6 cm³/mol. The van der Waals surface area contributed by atoms with Crippen LogP contribution < -0.4 is 5.32 Å². The molecule has 6 heteroatoms. The first-order chi connectivity index (χ1) is 11.5. The van der Waals surface area contributed by atoms with E-state index in [0.717, 1.165) is 6.42 Å². The van der Waals surface area contributed by atoms with Gasteiger partial charge < -0.3 is 10.4 Å². The van der Waals surface area contributed by atoms with Crippen LogP contribution in [0, 0.1) is 0 Å². The number of carboxylic acid groups (broad SMARTS) is 1. The van der Waals surface area contributed by atoms with E-state index in [1.807, 2.05) is 6.92 Å². The topological polar surface area (TPSA) is 83.5 Å². The first-order valence-corrected chi connectivity index (χ1v) is 8.63. The largest absolute Gasteiger partial charge is 0.480 e. The van der Waals surface area contributed by atoms with Crippen molar-refractivity contribution in [1.29, 1.82) is 0 Å². The fraction of sp³-hybridized carbons (Fsp3) is 0.278. The molecule has 126 valence electrons. The Labute approximate surface area is 144 Å². The zero-order valence-electron chi connectivity index (χ0n) is 13.3. The number of rotatable bonds is 8. The van der Waals surface area contributed by atoms with Gasteiger partial charge in [0.1, 0.15) is 6.04 Å². The standard InChI is InChI=1S/C18H19NO4S/c1-2-3-9-14(18(22)23)19-17(21)13-8-5-4-7-12(13)16(20)15-10-6-11-24-15/h4-8,10-11,14H,2-3,9H2,1H3,(H,19,21)(H,22,23). The second-order valence-corrected chi connectivity index (χ2v) is 6.31. The van der Waals surface area contributed by atoms with Crippen molar-refractivity contribution in [2.45, 2.75) is 32.2 Å². The van der Waals surface area contributed by atoms with Crippen LogP contribution in [0.3, 0.4) is 0 Å². The Morgan fingerprint density at radius 1 is 1.12 bits per heavy atom. The molecule has 1 atom stereocenters. The summed E-state index contributed by atoms with van der Waals surface area (Å²) in [7, 11) is 0. The molecule has 0 aliphatic carbocycles. The van der Waals surface area contributed by atoms with E-state index in [-0.39, 0.29) is 16.9 Å². The van der Waals surface area contributed by atoms with Crippen LogP contribution in [0.5, 0.6) is 0 Å². The van der Waals surface area contributed by atoms with Gasteiger partial charge in [0.25, 0.3) is 5.91 Å². The lowest BCUT2D eigenvalue weighted by Gasteiger charge is -2.15. The van der Waals surface area contributed by atoms with Gasteiger partial charge in [0, 0.05) is 5.56 Å². The van der Waals surface area contributed by atoms with Crippen LogP contribution in [0.4, 0.5) is 0 Å². The van der Waals surface area contributed by atoms with Crippen LogP contribution in [-0.4, -0.2) is 28.8 Å². The highest BCUT2D eigenvalue weighted by Crippen LogP contribution is 2.18. The molecule has 2 N–H and O–H groups in total. The molecule has 1 heterocycles. The summed E-state index contributed by atoms with van der Waals surface area (Å²) >= 11 is 1.30. The van der Waals surface area contributed by atoms with Gasteiger partial charge in [-0.1, -0.05) is 44.0 Å². The summed E-state index contributed by atoms with van der Waals surface area (Å²) in [6.45, 7) is 1.95. The zero-order valence-corrected chi connectivity index (χ0v) is 14.1. The number of nitrogens with one attached hydrogen (secondary N) is 1. The Bertz CT molecular complexity index is 724. The number of carbonyl (C=O) groups excluding carboxylic acids is 2. The van der Waals surface area contributed by atoms with Crippen LogP contribution in [0.15, 0.2) is 41.8 Å². The van der Waals surface area contributed by atoms with Gasteiger partial charge in [-0.3, -0.25) is 9.59 Å². The molecule has 0 bridgehead atoms. The smallest absolute Gasteiger partial charge is 0.326 e. The van der Waals surface area contributed by atoms with Gasteiger partial charge in [0.15, 0.2) is 0 Å². The van der Waals surface area contributed by atoms with Gasteiger partial charge in [-0.15, -0.1) is 11.3 Å². The summed E-state index contributed by atoms with van der Waals surface area (Å²) in [6.07, 6.45) is 1.90. The minimum absolute atomic E-state index is 0.193. The maximum absolute atomic E-state index is 12.5. The highest BCUT2D eigenvalue weighted by atomic mass is 32.1. The lowest BCUT2D eigenvalue weighted by Crippen LogP contribution is -2.41. The third-order valence-corrected chi connectivity index (χ3v) is 4.48. The molecular weight excluding hydrogens is 326 g/mol. The number of hydrogen-bond donors (Lipinski definition) is 2. The van der Waals surface area contributed by atoms with E-state index in [2.05, 4.69) is 5.32 Å². The number of benzene rings is 1. The van der Waals surface area contributed by atoms with E-state index in [1.165, 1.54) is 17.4 Å². The van der Waals surface area contributed by atoms with Gasteiger partial charge in [0.05, 0.1) is 10.4 Å². The quantitative estimate of drug-likeness (QED) is 0.719. The SMILES string of the molecule is CCCCC(NC(=O)c1ccccc1C(=O)c1cccs1)C(=O)O. The van der Waals surface area contributed by atoms with Crippen LogP contribution in [0.2, 0.25) is 0 Å². The van der Waals surface area contributed by atoms with E-state index < -0.39 is 17.9 Å². The number of aliphatic carboxylic acids is 1. The van der Waals surface area contributed by atoms with Gasteiger partial charge >= 0.3 is 5.97 Å². The second kappa shape index (κ2) is 8.40. The summed E-state index contributed by atoms with van der Waals surface area (Å²) in [5.41, 5.74) is 0.468. The Morgan fingerprint density at radius 3 is 2.42 bits per heavy atom. The molecule has 1 unspecified atom stereocenters. The molecule has 0 aliphatic rings. The summed E-state index contributed by atoms with van der Waals surface area (Å²) < 4.78 is 0. The van der Waals surface area contributed by atoms with Crippen LogP contribution in [0.25, 0.3) is 0 Å². The van der Waals surface area contributed by atoms with Gasteiger partial charge in [-0.2, -0.15) is 0 Å². The summed E-state index contributed by atoms with van der Waals surface area (Å²) in [5, 5.41) is 13.6. The first-order valence-electron chi connectivity index (χ1n) is 7.75. The third-order valence-electron chi connectivity index (χ3n) is 3.61. The van der Waals surface area contributed by atoms with Crippen molar-refractivity contribution in [1.82, 2.24) is 5.32 Å². The van der Waals surface area contributed by atoms with E-state index in [0.29, 0.717) is 17.7 Å². The Balaban J connectivity index is 2.23. The van der Waals surface area contributed by atoms with Crippen molar-refractivity contribution in [3.63, 3.8) is 0 Å². The number of carboxylic acids is 1. The predicted octanol–water partition coefficient (Wildman–Crippen LogP) is 3.35. The molecule has 1 aromatic carbocycles. The minimum atomic E-state index is -1.07. The molecule has 0 spiro atoms. The van der Waals surface area contributed by atoms with E-state index >= 15 is 0 Å². The molecule has 0 fully saturated rings. The molecule has 0 radical (unpaired) electrons. The number of unbranched alkanes of at least 4 members (excludes halogenated alkanes) is 1. The molecule has 1 aromatic heterocycles. The highest BCUT2D eigenvalue weighted by molar-refractivity contribution is 7.12. The monoisotopic (exact) mass is 345 g/mol. The van der Waals surface area contributed by atoms with Gasteiger partial charge in [-0.25, -0.2) is 4.79 Å². The third kappa shape index (κ3) is 4.29. The van der Waals surface area contributed by atoms with Crippen molar-refractivity contribution in [3.8, 4) is 0 Å². The molecule has 0 aliphatic heterocycles. The summed E-state index contributed by atoms with van der Waals surface area (Å²) in [6, 6.07) is 8.97. The number of amides is 1. The highest BCUT2D eigenvalue weighted by Gasteiger charge is 2.23. The fourth-order valence-electron chi connectivity index (χ4n) is 2.32. The van der Waals surface area contributed by atoms with E-state index in [4.69, 9.17) is 0 Å². The Hall–Kier alpha value is -2.47. The van der Waals surface area contributed by atoms with Crippen molar-refractivity contribution in [2.75, 3.05) is 0 Å². The maximum atomic E-state index is 12.5. The van der Waals surface area contributed by atoms with E-state index in [1.54, 1.807) is 35.7 Å². The van der Waals surface area contributed by atoms with Gasteiger partial charge in [0.2, 0.25) is 5.78 Å². The lowest BCUT2D eigenvalue weighted by atomic mass is 10.0. The molecule has 5 nitrogen and oxygen atoms in total. The molecule has 1 amide bonds. The van der Waals surface area contributed by atoms with Crippen molar-refractivity contribution in [2.24, 2.45) is 0 Å². The fourth-order valence-corrected chi connectivity index (χ4v) is 3.00. The Morgan fingerprint density at radius 2 is 1.83 bits per heavy atom. The number of ketones is 1. The number of thiophene rings is 1. The normalized spacial score (nSPS) is 11.7. The number of hydrogen-bond acceptors (Lipinski definition) is 4. The van der Waals surface area contributed by atoms with Crippen molar-refractivity contribution in [3.05, 3.63) is 57.8 Å². The summed E-state index contributed by atoms with van der Waals surface area (Å²) in [4.78, 5) is 36.9. The lowest BCUT2D eigenvalue weighted by molar-refractivity contribution is -0.139. The average Bonchev–Trinajstić information content (AvgIpc) is 3.12. The summed E-state index contributed by atoms with van der Waals surface area (Å²) in [5.74, 6) is -1.85. The van der Waals surface area contributed by atoms with Crippen LogP contribution >= 0.6 is 11.3 Å². The molecule has 2 rings (SSSR count).